The molecule has 0 aromatic heterocycles. The molecule has 4 N–H and O–H groups in total. The molecule has 3 nitrogen and oxygen atoms in total. The summed E-state index contributed by atoms with van der Waals surface area (Å²) in [6, 6.07) is 0. The highest BCUT2D eigenvalue weighted by Crippen LogP contribution is 2.05. The van der Waals surface area contributed by atoms with Crippen molar-refractivity contribution in [1.82, 2.24) is 0 Å². The number of nitrogens with zero attached hydrogens (tertiary/aromatic N) is 1. The Balaban J connectivity index is 4.92. The first-order valence-electron chi connectivity index (χ1n) is 4.27. The fraction of sp³-hybridized carbons (Fsp3) is 0.500. The molecule has 0 rings (SSSR count). The molecule has 0 atom stereocenters. The van der Waals surface area contributed by atoms with Crippen molar-refractivity contribution in [2.75, 3.05) is 0 Å². The van der Waals surface area contributed by atoms with E-state index in [1.54, 1.807) is 0 Å². The molecule has 0 heterocycles. The summed E-state index contributed by atoms with van der Waals surface area (Å²) in [5, 5.41) is 0. The van der Waals surface area contributed by atoms with Gasteiger partial charge in [-0.05, 0) is 40.2 Å². The second-order valence-electron chi connectivity index (χ2n) is 3.50. The third kappa shape index (κ3) is 3.78. The second-order valence-corrected chi connectivity index (χ2v) is 3.50. The maximum Gasteiger partial charge on any atom is 0.146 e. The van der Waals surface area contributed by atoms with E-state index in [0.29, 0.717) is 11.5 Å². The van der Waals surface area contributed by atoms with E-state index in [9.17, 15) is 0 Å². The minimum Gasteiger partial charge on any atom is -0.396 e. The van der Waals surface area contributed by atoms with Crippen molar-refractivity contribution < 1.29 is 0 Å². The highest BCUT2D eigenvalue weighted by molar-refractivity contribution is 5.97. The second kappa shape index (κ2) is 4.70. The number of hydrogen-bond donors (Lipinski definition) is 2. The Bertz CT molecular complexity index is 275. The van der Waals surface area contributed by atoms with E-state index in [4.69, 9.17) is 11.5 Å². The van der Waals surface area contributed by atoms with Crippen LogP contribution in [0.25, 0.3) is 0 Å². The number of amidine groups is 1. The molecule has 0 saturated heterocycles. The highest BCUT2D eigenvalue weighted by atomic mass is 14.9. The Morgan fingerprint density at radius 1 is 0.846 bits per heavy atom. The quantitative estimate of drug-likeness (QED) is 0.505. The van der Waals surface area contributed by atoms with Crippen molar-refractivity contribution in [1.29, 1.82) is 0 Å². The molecule has 74 valence electrons. The van der Waals surface area contributed by atoms with Crippen LogP contribution in [-0.2, 0) is 0 Å². The molecule has 0 aliphatic heterocycles. The van der Waals surface area contributed by atoms with Crippen molar-refractivity contribution in [3.05, 3.63) is 22.5 Å². The van der Waals surface area contributed by atoms with Gasteiger partial charge >= 0.3 is 0 Å². The van der Waals surface area contributed by atoms with Gasteiger partial charge in [-0.2, -0.15) is 0 Å². The first-order valence-corrected chi connectivity index (χ1v) is 4.27. The molecule has 13 heavy (non-hydrogen) atoms. The zero-order valence-corrected chi connectivity index (χ0v) is 9.10. The van der Waals surface area contributed by atoms with Crippen LogP contribution >= 0.6 is 0 Å². The molecule has 0 amide bonds. The standard InChI is InChI=1S/C10H19N3/c1-6(2)8(5)13-10(12)9(11)7(3)4/h11H2,1-5H3,(H2,12,13). The third-order valence-corrected chi connectivity index (χ3v) is 1.83. The molecule has 3 heteroatoms. The summed E-state index contributed by atoms with van der Waals surface area (Å²) >= 11 is 0. The van der Waals surface area contributed by atoms with Gasteiger partial charge in [0.25, 0.3) is 0 Å². The van der Waals surface area contributed by atoms with Crippen LogP contribution in [0.5, 0.6) is 0 Å². The highest BCUT2D eigenvalue weighted by Gasteiger charge is 1.99. The van der Waals surface area contributed by atoms with Crippen LogP contribution in [0.4, 0.5) is 0 Å². The van der Waals surface area contributed by atoms with Gasteiger partial charge in [0.15, 0.2) is 0 Å². The number of nitrogens with two attached hydrogens (primary N) is 2. The predicted molar refractivity (Wildman–Crippen MR) is 58.2 cm³/mol. The lowest BCUT2D eigenvalue weighted by Gasteiger charge is -2.04. The summed E-state index contributed by atoms with van der Waals surface area (Å²) in [5.74, 6) is 0.402. The summed E-state index contributed by atoms with van der Waals surface area (Å²) in [6.45, 7) is 9.72. The van der Waals surface area contributed by atoms with Gasteiger partial charge in [0, 0.05) is 5.70 Å². The smallest absolute Gasteiger partial charge is 0.146 e. The van der Waals surface area contributed by atoms with Gasteiger partial charge in [-0.25, -0.2) is 4.99 Å². The molecule has 0 bridgehead atoms. The van der Waals surface area contributed by atoms with E-state index in [-0.39, 0.29) is 0 Å². The van der Waals surface area contributed by atoms with Crippen molar-refractivity contribution in [2.24, 2.45) is 16.5 Å². The number of allylic oxidation sites excluding steroid dienone is 3. The van der Waals surface area contributed by atoms with E-state index in [1.165, 1.54) is 0 Å². The first kappa shape index (κ1) is 11.8. The zero-order valence-electron chi connectivity index (χ0n) is 9.10. The van der Waals surface area contributed by atoms with E-state index >= 15 is 0 Å². The van der Waals surface area contributed by atoms with E-state index in [0.717, 1.165) is 16.8 Å². The van der Waals surface area contributed by atoms with Crippen LogP contribution in [0, 0.1) is 0 Å². The van der Waals surface area contributed by atoms with Crippen molar-refractivity contribution >= 4 is 5.84 Å². The Kier molecular flexibility index (Phi) is 4.25. The van der Waals surface area contributed by atoms with Crippen LogP contribution in [0.1, 0.15) is 34.6 Å². The molecule has 0 aliphatic rings. The Morgan fingerprint density at radius 2 is 1.31 bits per heavy atom. The van der Waals surface area contributed by atoms with Gasteiger partial charge < -0.3 is 11.5 Å². The average molecular weight is 181 g/mol. The molecule has 0 radical (unpaired) electrons. The first-order chi connectivity index (χ1) is 5.86. The average Bonchev–Trinajstić information content (AvgIpc) is 2.02. The summed E-state index contributed by atoms with van der Waals surface area (Å²) in [4.78, 5) is 4.19. The molecule has 0 aromatic rings. The Labute approximate surface area is 80.2 Å². The number of rotatable bonds is 2. The topological polar surface area (TPSA) is 64.4 Å². The Hall–Kier alpha value is -1.25. The van der Waals surface area contributed by atoms with Crippen LogP contribution in [0.3, 0.4) is 0 Å². The normalized spacial score (nSPS) is 11.0. The molecule has 0 aromatic carbocycles. The van der Waals surface area contributed by atoms with Crippen molar-refractivity contribution in [3.63, 3.8) is 0 Å². The number of hydrogen-bond acceptors (Lipinski definition) is 2. The summed E-state index contributed by atoms with van der Waals surface area (Å²) < 4.78 is 0. The van der Waals surface area contributed by atoms with Crippen LogP contribution in [-0.4, -0.2) is 5.84 Å². The van der Waals surface area contributed by atoms with Crippen LogP contribution in [0.15, 0.2) is 27.5 Å². The summed E-state index contributed by atoms with van der Waals surface area (Å²) in [6.07, 6.45) is 0. The van der Waals surface area contributed by atoms with Gasteiger partial charge in [-0.1, -0.05) is 5.57 Å². The minimum atomic E-state index is 0.402. The third-order valence-electron chi connectivity index (χ3n) is 1.83. The molecule has 0 saturated carbocycles. The largest absolute Gasteiger partial charge is 0.396 e. The van der Waals surface area contributed by atoms with Crippen molar-refractivity contribution in [3.8, 4) is 0 Å². The molecule has 0 aliphatic carbocycles. The van der Waals surface area contributed by atoms with E-state index in [2.05, 4.69) is 4.99 Å². The fourth-order valence-electron chi connectivity index (χ4n) is 0.609. The van der Waals surface area contributed by atoms with Gasteiger partial charge in [-0.3, -0.25) is 0 Å². The lowest BCUT2D eigenvalue weighted by molar-refractivity contribution is 1.16. The molecular weight excluding hydrogens is 162 g/mol. The monoisotopic (exact) mass is 181 g/mol. The summed E-state index contributed by atoms with van der Waals surface area (Å²) in [7, 11) is 0. The molecule has 0 spiro atoms. The molecule has 0 unspecified atom stereocenters. The van der Waals surface area contributed by atoms with Crippen LogP contribution in [0.2, 0.25) is 0 Å². The SMILES string of the molecule is CC(C)=C(C)/N=C(/N)C(N)=C(C)C. The van der Waals surface area contributed by atoms with Crippen LogP contribution < -0.4 is 11.5 Å². The van der Waals surface area contributed by atoms with Gasteiger partial charge in [0.05, 0.1) is 5.70 Å². The maximum absolute atomic E-state index is 5.71. The van der Waals surface area contributed by atoms with Crippen molar-refractivity contribution in [2.45, 2.75) is 34.6 Å². The minimum absolute atomic E-state index is 0.402. The van der Waals surface area contributed by atoms with E-state index in [1.807, 2.05) is 34.6 Å². The zero-order chi connectivity index (χ0) is 10.6. The lowest BCUT2D eigenvalue weighted by atomic mass is 10.2. The fourth-order valence-corrected chi connectivity index (χ4v) is 0.609. The lowest BCUT2D eigenvalue weighted by Crippen LogP contribution is -2.22. The van der Waals surface area contributed by atoms with Gasteiger partial charge in [-0.15, -0.1) is 0 Å². The number of aliphatic imine (C=N–C) groups is 1. The molecule has 0 fully saturated rings. The van der Waals surface area contributed by atoms with Gasteiger partial charge in [0.1, 0.15) is 5.84 Å². The predicted octanol–water partition coefficient (Wildman–Crippen LogP) is 1.91. The van der Waals surface area contributed by atoms with Gasteiger partial charge in [0.2, 0.25) is 0 Å². The summed E-state index contributed by atoms with van der Waals surface area (Å²) in [5.41, 5.74) is 15.0. The Morgan fingerprint density at radius 3 is 1.62 bits per heavy atom. The van der Waals surface area contributed by atoms with E-state index < -0.39 is 0 Å². The maximum atomic E-state index is 5.71. The molecular formula is C10H19N3.